The van der Waals surface area contributed by atoms with Gasteiger partial charge in [-0.3, -0.25) is 0 Å². The number of rotatable bonds is 8. The molecule has 0 fully saturated rings. The van der Waals surface area contributed by atoms with Gasteiger partial charge in [0.2, 0.25) is 0 Å². The molecule has 0 atom stereocenters. The number of carbonyl (C=O) groups is 1. The second-order valence-electron chi connectivity index (χ2n) is 7.86. The Hall–Kier alpha value is -2.29. The SMILES string of the molecule is O=C(CCP(I)(c1ccccc1)(c1ccccc1)c1ccccc1)Cc1ccccc1. The van der Waals surface area contributed by atoms with Crippen LogP contribution in [0.25, 0.3) is 0 Å². The van der Waals surface area contributed by atoms with E-state index in [-0.39, 0.29) is 0 Å². The molecule has 4 aromatic carbocycles. The van der Waals surface area contributed by atoms with Crippen molar-refractivity contribution in [3.8, 4) is 0 Å². The van der Waals surface area contributed by atoms with E-state index >= 15 is 0 Å². The molecule has 3 heteroatoms. The van der Waals surface area contributed by atoms with Crippen molar-refractivity contribution in [2.24, 2.45) is 0 Å². The second-order valence-corrected chi connectivity index (χ2v) is 18.6. The van der Waals surface area contributed by atoms with Gasteiger partial charge in [-0.15, -0.1) is 0 Å². The van der Waals surface area contributed by atoms with E-state index in [1.165, 1.54) is 15.9 Å². The van der Waals surface area contributed by atoms with Gasteiger partial charge in [0.1, 0.15) is 0 Å². The normalized spacial score (nSPS) is 12.6. The zero-order valence-electron chi connectivity index (χ0n) is 17.4. The van der Waals surface area contributed by atoms with Crippen LogP contribution in [-0.2, 0) is 11.2 Å². The molecule has 0 aliphatic heterocycles. The third-order valence-electron chi connectivity index (χ3n) is 5.94. The fraction of sp³-hybridized carbons (Fsp3) is 0.107. The van der Waals surface area contributed by atoms with E-state index in [4.69, 9.17) is 0 Å². The molecule has 0 amide bonds. The van der Waals surface area contributed by atoms with Crippen LogP contribution in [-0.4, -0.2) is 11.9 Å². The summed E-state index contributed by atoms with van der Waals surface area (Å²) in [6.07, 6.45) is 1.85. The molecule has 0 aromatic heterocycles. The topological polar surface area (TPSA) is 17.1 Å². The standard InChI is InChI=1S/C28H26IOP/c29-31(26-15-7-2-8-16-26,27-17-9-3-10-18-27,28-19-11-4-12-20-28)22-21-25(30)23-24-13-5-1-6-14-24/h1-20H,21-23H2. The number of hydrogen-bond donors (Lipinski definition) is 0. The summed E-state index contributed by atoms with van der Waals surface area (Å²) >= 11 is 2.75. The fourth-order valence-electron chi connectivity index (χ4n) is 4.30. The van der Waals surface area contributed by atoms with E-state index < -0.39 is 4.25 Å². The Morgan fingerprint density at radius 2 is 0.935 bits per heavy atom. The maximum atomic E-state index is 13.1. The Morgan fingerprint density at radius 3 is 1.32 bits per heavy atom. The fourth-order valence-corrected chi connectivity index (χ4v) is 12.6. The van der Waals surface area contributed by atoms with Crippen LogP contribution < -0.4 is 15.9 Å². The zero-order chi connectivity index (χ0) is 21.6. The van der Waals surface area contributed by atoms with Crippen LogP contribution in [0.2, 0.25) is 0 Å². The summed E-state index contributed by atoms with van der Waals surface area (Å²) in [6.45, 7) is 0. The maximum absolute atomic E-state index is 13.1. The van der Waals surface area contributed by atoms with Gasteiger partial charge in [0.15, 0.2) is 0 Å². The summed E-state index contributed by atoms with van der Waals surface area (Å²) in [4.78, 5) is 13.1. The van der Waals surface area contributed by atoms with Crippen molar-refractivity contribution in [1.29, 1.82) is 0 Å². The van der Waals surface area contributed by atoms with E-state index in [0.29, 0.717) is 18.6 Å². The van der Waals surface area contributed by atoms with Crippen LogP contribution in [0.3, 0.4) is 0 Å². The zero-order valence-corrected chi connectivity index (χ0v) is 20.5. The molecule has 0 bridgehead atoms. The van der Waals surface area contributed by atoms with Gasteiger partial charge in [-0.1, -0.05) is 0 Å². The molecule has 156 valence electrons. The summed E-state index contributed by atoms with van der Waals surface area (Å²) in [5.41, 5.74) is 1.08. The number of Topliss-reactive ketones (excluding diaryl/α,β-unsaturated/α-hetero) is 1. The Balaban J connectivity index is 1.82. The summed E-state index contributed by atoms with van der Waals surface area (Å²) in [7, 11) is 0. The van der Waals surface area contributed by atoms with E-state index in [1.54, 1.807) is 0 Å². The quantitative estimate of drug-likeness (QED) is 0.198. The molecule has 4 rings (SSSR count). The summed E-state index contributed by atoms with van der Waals surface area (Å²) in [6, 6.07) is 42.4. The van der Waals surface area contributed by atoms with Gasteiger partial charge < -0.3 is 0 Å². The first-order valence-electron chi connectivity index (χ1n) is 10.6. The van der Waals surface area contributed by atoms with Crippen molar-refractivity contribution in [3.63, 3.8) is 0 Å². The van der Waals surface area contributed by atoms with Crippen LogP contribution in [0.15, 0.2) is 121 Å². The van der Waals surface area contributed by atoms with Crippen molar-refractivity contribution >= 4 is 48.0 Å². The van der Waals surface area contributed by atoms with Gasteiger partial charge in [-0.05, 0) is 0 Å². The number of halogens is 1. The summed E-state index contributed by atoms with van der Waals surface area (Å²) in [5.74, 6) is 0.291. The van der Waals surface area contributed by atoms with E-state index in [2.05, 4.69) is 113 Å². The predicted molar refractivity (Wildman–Crippen MR) is 144 cm³/mol. The summed E-state index contributed by atoms with van der Waals surface area (Å²) < 4.78 is -2.87. The molecular weight excluding hydrogens is 510 g/mol. The van der Waals surface area contributed by atoms with E-state index in [1.807, 2.05) is 30.3 Å². The van der Waals surface area contributed by atoms with Crippen LogP contribution in [0.4, 0.5) is 0 Å². The first-order valence-corrected chi connectivity index (χ1v) is 15.8. The summed E-state index contributed by atoms with van der Waals surface area (Å²) in [5, 5.41) is 3.96. The molecule has 0 aliphatic carbocycles. The average Bonchev–Trinajstić information content (AvgIpc) is 2.85. The molecule has 0 spiro atoms. The van der Waals surface area contributed by atoms with Crippen molar-refractivity contribution in [1.82, 2.24) is 0 Å². The third-order valence-corrected chi connectivity index (χ3v) is 17.6. The van der Waals surface area contributed by atoms with E-state index in [9.17, 15) is 4.79 Å². The second kappa shape index (κ2) is 9.46. The number of carbonyl (C=O) groups excluding carboxylic acids is 1. The van der Waals surface area contributed by atoms with Crippen molar-refractivity contribution in [2.45, 2.75) is 12.8 Å². The Morgan fingerprint density at radius 1 is 0.581 bits per heavy atom. The van der Waals surface area contributed by atoms with Gasteiger partial charge in [0.05, 0.1) is 0 Å². The Kier molecular flexibility index (Phi) is 6.69. The van der Waals surface area contributed by atoms with Gasteiger partial charge in [-0.2, -0.15) is 0 Å². The van der Waals surface area contributed by atoms with Crippen molar-refractivity contribution < 1.29 is 4.79 Å². The van der Waals surface area contributed by atoms with Crippen LogP contribution >= 0.6 is 26.3 Å². The molecule has 1 nitrogen and oxygen atoms in total. The van der Waals surface area contributed by atoms with Gasteiger partial charge in [0.25, 0.3) is 0 Å². The minimum absolute atomic E-state index is 0.291. The number of hydrogen-bond acceptors (Lipinski definition) is 1. The molecule has 4 aromatic rings. The first kappa shape index (κ1) is 21.9. The Bertz CT molecular complexity index is 1030. The van der Waals surface area contributed by atoms with Gasteiger partial charge in [-0.25, -0.2) is 0 Å². The Labute approximate surface area is 198 Å². The molecule has 31 heavy (non-hydrogen) atoms. The average molecular weight is 536 g/mol. The molecule has 0 heterocycles. The van der Waals surface area contributed by atoms with Crippen LogP contribution in [0.5, 0.6) is 0 Å². The molecule has 0 saturated carbocycles. The molecule has 0 saturated heterocycles. The molecular formula is C28H26IOP. The monoisotopic (exact) mass is 536 g/mol. The van der Waals surface area contributed by atoms with Gasteiger partial charge in [0, 0.05) is 0 Å². The van der Waals surface area contributed by atoms with Crippen molar-refractivity contribution in [3.05, 3.63) is 127 Å². The molecule has 0 radical (unpaired) electrons. The molecule has 0 aliphatic rings. The third kappa shape index (κ3) is 4.37. The number of ketones is 1. The molecule has 0 N–H and O–H groups in total. The predicted octanol–water partition coefficient (Wildman–Crippen LogP) is 6.07. The van der Waals surface area contributed by atoms with Gasteiger partial charge >= 0.3 is 199 Å². The molecule has 0 unspecified atom stereocenters. The first-order chi connectivity index (χ1) is 15.1. The van der Waals surface area contributed by atoms with Crippen molar-refractivity contribution in [2.75, 3.05) is 6.16 Å². The van der Waals surface area contributed by atoms with Crippen LogP contribution in [0.1, 0.15) is 12.0 Å². The number of benzene rings is 4. The van der Waals surface area contributed by atoms with Crippen LogP contribution in [0, 0.1) is 0 Å². The van der Waals surface area contributed by atoms with E-state index in [0.717, 1.165) is 11.7 Å². The minimum atomic E-state index is -2.87.